The van der Waals surface area contributed by atoms with Crippen LogP contribution in [0.2, 0.25) is 0 Å². The van der Waals surface area contributed by atoms with Gasteiger partial charge in [-0.3, -0.25) is 4.79 Å². The average molecular weight is 378 g/mol. The smallest absolute Gasteiger partial charge is 0.265 e. The van der Waals surface area contributed by atoms with Crippen molar-refractivity contribution in [1.82, 2.24) is 0 Å². The molecule has 0 fully saturated rings. The Kier molecular flexibility index (Phi) is 6.20. The highest BCUT2D eigenvalue weighted by molar-refractivity contribution is 7.99. The highest BCUT2D eigenvalue weighted by Crippen LogP contribution is 2.33. The third kappa shape index (κ3) is 4.92. The highest BCUT2D eigenvalue weighted by atomic mass is 32.2. The minimum Gasteiger partial charge on any atom is -0.481 e. The Hall–Kier alpha value is -2.72. The van der Waals surface area contributed by atoms with Crippen molar-refractivity contribution in [3.63, 3.8) is 0 Å². The number of para-hydroxylation sites is 1. The fourth-order valence-corrected chi connectivity index (χ4v) is 3.53. The summed E-state index contributed by atoms with van der Waals surface area (Å²) in [5, 5.41) is 3.00. The Morgan fingerprint density at radius 2 is 1.63 bits per heavy atom. The predicted octanol–water partition coefficient (Wildman–Crippen LogP) is 5.86. The van der Waals surface area contributed by atoms with Crippen LogP contribution in [-0.2, 0) is 4.79 Å². The number of ether oxygens (including phenoxy) is 1. The van der Waals surface area contributed by atoms with Gasteiger partial charge in [0, 0.05) is 9.79 Å². The fraction of sp³-hybridized carbons (Fsp3) is 0.174. The molecule has 0 bridgehead atoms. The molecule has 1 N–H and O–H groups in total. The SMILES string of the molecule is Cc1cccc(O[C@H](C)C(=O)Nc2ccccc2Sc2ccccc2)c1C. The topological polar surface area (TPSA) is 38.3 Å². The maximum Gasteiger partial charge on any atom is 0.265 e. The van der Waals surface area contributed by atoms with Crippen molar-refractivity contribution in [2.24, 2.45) is 0 Å². The van der Waals surface area contributed by atoms with Crippen LogP contribution in [0.15, 0.2) is 82.6 Å². The van der Waals surface area contributed by atoms with Gasteiger partial charge in [-0.05, 0) is 62.2 Å². The van der Waals surface area contributed by atoms with E-state index in [1.807, 2.05) is 74.5 Å². The third-order valence-corrected chi connectivity index (χ3v) is 5.43. The normalized spacial score (nSPS) is 11.7. The van der Waals surface area contributed by atoms with E-state index in [1.165, 1.54) is 0 Å². The van der Waals surface area contributed by atoms with Gasteiger partial charge in [-0.2, -0.15) is 0 Å². The van der Waals surface area contributed by atoms with Crippen molar-refractivity contribution in [2.75, 3.05) is 5.32 Å². The van der Waals surface area contributed by atoms with Crippen molar-refractivity contribution >= 4 is 23.4 Å². The Bertz CT molecular complexity index is 925. The number of hydrogen-bond donors (Lipinski definition) is 1. The van der Waals surface area contributed by atoms with E-state index in [2.05, 4.69) is 17.4 Å². The lowest BCUT2D eigenvalue weighted by atomic mass is 10.1. The number of benzene rings is 3. The van der Waals surface area contributed by atoms with Gasteiger partial charge < -0.3 is 10.1 Å². The number of aryl methyl sites for hydroxylation is 1. The average Bonchev–Trinajstić information content (AvgIpc) is 2.67. The first-order valence-corrected chi connectivity index (χ1v) is 9.72. The lowest BCUT2D eigenvalue weighted by Gasteiger charge is -2.18. The highest BCUT2D eigenvalue weighted by Gasteiger charge is 2.17. The van der Waals surface area contributed by atoms with Crippen LogP contribution in [0.5, 0.6) is 5.75 Å². The van der Waals surface area contributed by atoms with Gasteiger partial charge in [0.15, 0.2) is 6.10 Å². The quantitative estimate of drug-likeness (QED) is 0.585. The van der Waals surface area contributed by atoms with Crippen molar-refractivity contribution in [3.05, 3.63) is 83.9 Å². The second-order valence-corrected chi connectivity index (χ2v) is 7.47. The maximum absolute atomic E-state index is 12.7. The summed E-state index contributed by atoms with van der Waals surface area (Å²) < 4.78 is 5.90. The number of carbonyl (C=O) groups excluding carboxylic acids is 1. The zero-order valence-electron chi connectivity index (χ0n) is 15.7. The van der Waals surface area contributed by atoms with Crippen molar-refractivity contribution in [3.8, 4) is 5.75 Å². The molecule has 0 aliphatic heterocycles. The molecular weight excluding hydrogens is 354 g/mol. The number of amides is 1. The fourth-order valence-electron chi connectivity index (χ4n) is 2.60. The number of carbonyl (C=O) groups is 1. The van der Waals surface area contributed by atoms with Crippen LogP contribution in [0.4, 0.5) is 5.69 Å². The van der Waals surface area contributed by atoms with Crippen LogP contribution >= 0.6 is 11.8 Å². The first-order chi connectivity index (χ1) is 13.0. The molecule has 0 radical (unpaired) electrons. The van der Waals surface area contributed by atoms with E-state index in [9.17, 15) is 4.79 Å². The van der Waals surface area contributed by atoms with Gasteiger partial charge >= 0.3 is 0 Å². The summed E-state index contributed by atoms with van der Waals surface area (Å²) in [6.45, 7) is 5.80. The Morgan fingerprint density at radius 1 is 0.926 bits per heavy atom. The molecule has 4 heteroatoms. The van der Waals surface area contributed by atoms with Gasteiger partial charge in [0.25, 0.3) is 5.91 Å². The van der Waals surface area contributed by atoms with E-state index >= 15 is 0 Å². The summed E-state index contributed by atoms with van der Waals surface area (Å²) in [4.78, 5) is 14.8. The molecule has 3 aromatic rings. The van der Waals surface area contributed by atoms with E-state index < -0.39 is 6.10 Å². The molecule has 1 atom stereocenters. The molecule has 138 valence electrons. The Morgan fingerprint density at radius 3 is 2.41 bits per heavy atom. The van der Waals surface area contributed by atoms with Crippen LogP contribution in [0.1, 0.15) is 18.1 Å². The van der Waals surface area contributed by atoms with Crippen LogP contribution in [-0.4, -0.2) is 12.0 Å². The predicted molar refractivity (Wildman–Crippen MR) is 112 cm³/mol. The molecule has 0 aliphatic rings. The van der Waals surface area contributed by atoms with Crippen molar-refractivity contribution in [2.45, 2.75) is 36.7 Å². The van der Waals surface area contributed by atoms with E-state index in [0.717, 1.165) is 32.4 Å². The van der Waals surface area contributed by atoms with Crippen LogP contribution in [0.3, 0.4) is 0 Å². The number of anilines is 1. The van der Waals surface area contributed by atoms with Crippen LogP contribution in [0.25, 0.3) is 0 Å². The van der Waals surface area contributed by atoms with E-state index in [-0.39, 0.29) is 5.91 Å². The van der Waals surface area contributed by atoms with E-state index in [1.54, 1.807) is 18.7 Å². The molecule has 3 nitrogen and oxygen atoms in total. The minimum atomic E-state index is -0.597. The monoisotopic (exact) mass is 377 g/mol. The molecule has 0 spiro atoms. The zero-order valence-corrected chi connectivity index (χ0v) is 16.5. The van der Waals surface area contributed by atoms with Crippen LogP contribution in [0, 0.1) is 13.8 Å². The molecule has 27 heavy (non-hydrogen) atoms. The summed E-state index contributed by atoms with van der Waals surface area (Å²) >= 11 is 1.62. The molecule has 1 amide bonds. The lowest BCUT2D eigenvalue weighted by molar-refractivity contribution is -0.122. The first-order valence-electron chi connectivity index (χ1n) is 8.90. The van der Waals surface area contributed by atoms with E-state index in [0.29, 0.717) is 0 Å². The molecule has 0 heterocycles. The summed E-state index contributed by atoms with van der Waals surface area (Å²) in [6.07, 6.45) is -0.597. The summed E-state index contributed by atoms with van der Waals surface area (Å²) in [5.41, 5.74) is 2.98. The summed E-state index contributed by atoms with van der Waals surface area (Å²) in [6, 6.07) is 23.8. The number of nitrogens with one attached hydrogen (secondary N) is 1. The van der Waals surface area contributed by atoms with E-state index in [4.69, 9.17) is 4.74 Å². The second kappa shape index (κ2) is 8.78. The lowest BCUT2D eigenvalue weighted by Crippen LogP contribution is -2.30. The zero-order chi connectivity index (χ0) is 19.2. The molecule has 0 unspecified atom stereocenters. The number of rotatable bonds is 6. The molecule has 0 saturated carbocycles. The van der Waals surface area contributed by atoms with Gasteiger partial charge in [-0.15, -0.1) is 0 Å². The van der Waals surface area contributed by atoms with Gasteiger partial charge in [-0.1, -0.05) is 54.2 Å². The molecule has 0 saturated heterocycles. The molecule has 0 aliphatic carbocycles. The van der Waals surface area contributed by atoms with Gasteiger partial charge in [0.1, 0.15) is 5.75 Å². The van der Waals surface area contributed by atoms with Gasteiger partial charge in [0.2, 0.25) is 0 Å². The summed E-state index contributed by atoms with van der Waals surface area (Å²) in [7, 11) is 0. The van der Waals surface area contributed by atoms with Gasteiger partial charge in [0.05, 0.1) is 5.69 Å². The van der Waals surface area contributed by atoms with Crippen molar-refractivity contribution < 1.29 is 9.53 Å². The first kappa shape index (κ1) is 19.1. The molecule has 0 aromatic heterocycles. The van der Waals surface area contributed by atoms with Crippen molar-refractivity contribution in [1.29, 1.82) is 0 Å². The second-order valence-electron chi connectivity index (χ2n) is 6.36. The standard InChI is InChI=1S/C23H23NO2S/c1-16-10-9-14-21(17(16)2)26-18(3)23(25)24-20-13-7-8-15-22(20)27-19-11-5-4-6-12-19/h4-15,18H,1-3H3,(H,24,25)/t18-/m1/s1. The molecule has 3 aromatic carbocycles. The largest absolute Gasteiger partial charge is 0.481 e. The van der Waals surface area contributed by atoms with Gasteiger partial charge in [-0.25, -0.2) is 0 Å². The third-order valence-electron chi connectivity index (χ3n) is 4.34. The maximum atomic E-state index is 12.7. The minimum absolute atomic E-state index is 0.169. The molecule has 3 rings (SSSR count). The summed E-state index contributed by atoms with van der Waals surface area (Å²) in [5.74, 6) is 0.571. The Labute approximate surface area is 164 Å². The Balaban J connectivity index is 1.71. The van der Waals surface area contributed by atoms with Crippen LogP contribution < -0.4 is 10.1 Å². The molecular formula is C23H23NO2S. The number of hydrogen-bond acceptors (Lipinski definition) is 3.